The van der Waals surface area contributed by atoms with Crippen molar-refractivity contribution in [3.8, 4) is 0 Å². The normalized spacial score (nSPS) is 22.8. The lowest BCUT2D eigenvalue weighted by atomic mass is 10.9. The molecule has 0 amide bonds. The van der Waals surface area contributed by atoms with Gasteiger partial charge in [-0.15, -0.1) is 0 Å². The highest BCUT2D eigenvalue weighted by atomic mass is 29.9. The molecule has 0 radical (unpaired) electrons. The van der Waals surface area contributed by atoms with E-state index in [-0.39, 0.29) is 0 Å². The second-order valence-corrected chi connectivity index (χ2v) is 28.0. The van der Waals surface area contributed by atoms with Crippen LogP contribution >= 0.6 is 0 Å². The molecule has 1 aliphatic heterocycles. The fraction of sp³-hybridized carbons (Fsp3) is 1.00. The summed E-state index contributed by atoms with van der Waals surface area (Å²) in [5, 5.41) is 0. The third-order valence-electron chi connectivity index (χ3n) is 3.79. The van der Waals surface area contributed by atoms with Crippen LogP contribution in [0.5, 0.6) is 0 Å². The Balaban J connectivity index is 3.53. The SMILES string of the molecule is CCO[Si]1(OCC)CO[SiH2][Si](OCC)(OCC)[Si]1(OCC)OCC. The van der Waals surface area contributed by atoms with Crippen molar-refractivity contribution in [3.05, 3.63) is 0 Å². The number of hydrogen-bond donors (Lipinski definition) is 0. The first-order valence-electron chi connectivity index (χ1n) is 8.98. The first-order chi connectivity index (χ1) is 11.6. The molecule has 0 aliphatic carbocycles. The van der Waals surface area contributed by atoms with Gasteiger partial charge in [-0.05, 0) is 41.5 Å². The van der Waals surface area contributed by atoms with Crippen LogP contribution in [0.15, 0.2) is 0 Å². The zero-order chi connectivity index (χ0) is 18.1. The van der Waals surface area contributed by atoms with Crippen molar-refractivity contribution in [3.63, 3.8) is 0 Å². The molecule has 1 fully saturated rings. The van der Waals surface area contributed by atoms with Gasteiger partial charge in [0.2, 0.25) is 9.28 Å². The Kier molecular flexibility index (Phi) is 10.1. The Morgan fingerprint density at radius 3 is 1.46 bits per heavy atom. The van der Waals surface area contributed by atoms with E-state index >= 15 is 0 Å². The summed E-state index contributed by atoms with van der Waals surface area (Å²) in [6.07, 6.45) is 0.460. The van der Waals surface area contributed by atoms with Gasteiger partial charge in [0.1, 0.15) is 0 Å². The van der Waals surface area contributed by atoms with Crippen LogP contribution in [-0.2, 0) is 31.0 Å². The largest absolute Gasteiger partial charge is 0.430 e. The zero-order valence-electron chi connectivity index (χ0n) is 16.0. The van der Waals surface area contributed by atoms with Gasteiger partial charge in [-0.25, -0.2) is 0 Å². The van der Waals surface area contributed by atoms with Gasteiger partial charge in [0.25, 0.3) is 0 Å². The van der Waals surface area contributed by atoms with E-state index < -0.39 is 32.6 Å². The second-order valence-electron chi connectivity index (χ2n) is 5.21. The molecule has 0 aromatic heterocycles. The molecule has 0 N–H and O–H groups in total. The maximum absolute atomic E-state index is 6.45. The first kappa shape index (κ1) is 22.6. The summed E-state index contributed by atoms with van der Waals surface area (Å²) in [4.78, 5) is 0. The molecule has 0 spiro atoms. The van der Waals surface area contributed by atoms with Crippen LogP contribution in [0.2, 0.25) is 0 Å². The summed E-state index contributed by atoms with van der Waals surface area (Å²) in [6, 6.07) is 0. The van der Waals surface area contributed by atoms with Gasteiger partial charge >= 0.3 is 23.3 Å². The van der Waals surface area contributed by atoms with Crippen molar-refractivity contribution in [2.75, 3.05) is 45.9 Å². The molecule has 144 valence electrons. The molecule has 0 aromatic carbocycles. The van der Waals surface area contributed by atoms with Crippen molar-refractivity contribution >= 4 is 32.6 Å². The average Bonchev–Trinajstić information content (AvgIpc) is 2.54. The summed E-state index contributed by atoms with van der Waals surface area (Å²) in [5.41, 5.74) is 0. The predicted molar refractivity (Wildman–Crippen MR) is 102 cm³/mol. The van der Waals surface area contributed by atoms with E-state index in [2.05, 4.69) is 0 Å². The highest BCUT2D eigenvalue weighted by Crippen LogP contribution is 2.37. The third-order valence-corrected chi connectivity index (χ3v) is 40.4. The van der Waals surface area contributed by atoms with Crippen LogP contribution in [0.3, 0.4) is 0 Å². The van der Waals surface area contributed by atoms with Crippen molar-refractivity contribution in [1.82, 2.24) is 0 Å². The summed E-state index contributed by atoms with van der Waals surface area (Å²) in [5.74, 6) is 0. The van der Waals surface area contributed by atoms with E-state index in [1.165, 1.54) is 0 Å². The monoisotopic (exact) mass is 414 g/mol. The van der Waals surface area contributed by atoms with Gasteiger partial charge in [-0.3, -0.25) is 0 Å². The lowest BCUT2D eigenvalue weighted by molar-refractivity contribution is 0.115. The third kappa shape index (κ3) is 4.11. The van der Waals surface area contributed by atoms with Crippen LogP contribution in [0.4, 0.5) is 0 Å². The average molecular weight is 415 g/mol. The van der Waals surface area contributed by atoms with Crippen molar-refractivity contribution in [1.29, 1.82) is 0 Å². The van der Waals surface area contributed by atoms with Crippen LogP contribution in [0, 0.1) is 0 Å². The maximum atomic E-state index is 6.45. The highest BCUT2D eigenvalue weighted by molar-refractivity contribution is 7.71. The van der Waals surface area contributed by atoms with E-state index in [0.29, 0.717) is 45.9 Å². The quantitative estimate of drug-likeness (QED) is 0.438. The van der Waals surface area contributed by atoms with Crippen molar-refractivity contribution < 1.29 is 31.0 Å². The van der Waals surface area contributed by atoms with Crippen molar-refractivity contribution in [2.45, 2.75) is 41.5 Å². The van der Waals surface area contributed by atoms with Gasteiger partial charge in [-0.1, -0.05) is 0 Å². The molecule has 1 saturated heterocycles. The van der Waals surface area contributed by atoms with Crippen LogP contribution in [-0.4, -0.2) is 78.4 Å². The number of rotatable bonds is 12. The van der Waals surface area contributed by atoms with Crippen LogP contribution < -0.4 is 0 Å². The highest BCUT2D eigenvalue weighted by Gasteiger charge is 2.82. The fourth-order valence-electron chi connectivity index (χ4n) is 3.25. The van der Waals surface area contributed by atoms with Crippen molar-refractivity contribution in [2.24, 2.45) is 0 Å². The Hall–Kier alpha value is 0.588. The molecular formula is C13H34O7Si4. The zero-order valence-corrected chi connectivity index (χ0v) is 20.4. The molecule has 24 heavy (non-hydrogen) atoms. The Labute approximate surface area is 151 Å². The first-order valence-corrected chi connectivity index (χ1v) is 19.5. The minimum absolute atomic E-state index is 0.460. The minimum Gasteiger partial charge on any atom is -0.420 e. The van der Waals surface area contributed by atoms with E-state index in [1.54, 1.807) is 0 Å². The standard InChI is InChI=1S/C13H34O7Si4/c1-7-15-22(16-8-2)13-14-21-23(17-9-3,18-10-4)24(22,19-11-5)20-12-6/h7-13,21H2,1-6H3. The van der Waals surface area contributed by atoms with Gasteiger partial charge in [0.05, 0.1) is 6.23 Å². The Morgan fingerprint density at radius 1 is 0.667 bits per heavy atom. The summed E-state index contributed by atoms with van der Waals surface area (Å²) >= 11 is 0. The number of hydrogen-bond acceptors (Lipinski definition) is 7. The van der Waals surface area contributed by atoms with Gasteiger partial charge in [0, 0.05) is 39.6 Å². The lowest BCUT2D eigenvalue weighted by Gasteiger charge is -2.52. The Bertz CT molecular complexity index is 306. The summed E-state index contributed by atoms with van der Waals surface area (Å²) < 4.78 is 44.2. The second kappa shape index (κ2) is 10.7. The molecule has 0 atom stereocenters. The molecule has 0 aromatic rings. The molecular weight excluding hydrogens is 380 g/mol. The molecule has 7 nitrogen and oxygen atoms in total. The summed E-state index contributed by atoms with van der Waals surface area (Å²) in [7, 11) is -9.76. The molecule has 1 heterocycles. The molecule has 0 bridgehead atoms. The topological polar surface area (TPSA) is 64.6 Å². The van der Waals surface area contributed by atoms with E-state index in [9.17, 15) is 0 Å². The lowest BCUT2D eigenvalue weighted by Crippen LogP contribution is -2.91. The molecule has 11 heteroatoms. The van der Waals surface area contributed by atoms with E-state index in [0.717, 1.165) is 0 Å². The minimum atomic E-state index is -3.00. The fourth-order valence-corrected chi connectivity index (χ4v) is 48.7. The summed E-state index contributed by atoms with van der Waals surface area (Å²) in [6.45, 7) is 15.1. The van der Waals surface area contributed by atoms with E-state index in [4.69, 9.17) is 31.0 Å². The maximum Gasteiger partial charge on any atom is 0.430 e. The predicted octanol–water partition coefficient (Wildman–Crippen LogP) is 0.839. The van der Waals surface area contributed by atoms with Crippen LogP contribution in [0.25, 0.3) is 0 Å². The van der Waals surface area contributed by atoms with E-state index in [1.807, 2.05) is 41.5 Å². The molecule has 0 unspecified atom stereocenters. The molecule has 1 rings (SSSR count). The van der Waals surface area contributed by atoms with Gasteiger partial charge < -0.3 is 31.0 Å². The molecule has 0 saturated carbocycles. The molecule has 1 aliphatic rings. The van der Waals surface area contributed by atoms with Gasteiger partial charge in [-0.2, -0.15) is 0 Å². The Morgan fingerprint density at radius 2 is 1.08 bits per heavy atom. The van der Waals surface area contributed by atoms with Crippen LogP contribution in [0.1, 0.15) is 41.5 Å². The smallest absolute Gasteiger partial charge is 0.420 e. The van der Waals surface area contributed by atoms with Gasteiger partial charge in [0.15, 0.2) is 0 Å².